The molecule has 0 aliphatic carbocycles. The zero-order chi connectivity index (χ0) is 15.4. The number of hydrogen-bond acceptors (Lipinski definition) is 4. The maximum absolute atomic E-state index is 11.9. The van der Waals surface area contributed by atoms with E-state index in [9.17, 15) is 4.79 Å². The molecular weight excluding hydrogens is 329 g/mol. The number of halogens is 2. The minimum Gasteiger partial charge on any atom is -0.301 e. The molecule has 7 heteroatoms. The van der Waals surface area contributed by atoms with Crippen LogP contribution in [-0.4, -0.2) is 16.1 Å². The summed E-state index contributed by atoms with van der Waals surface area (Å²) in [6, 6.07) is 5.41. The van der Waals surface area contributed by atoms with Gasteiger partial charge in [0.1, 0.15) is 5.01 Å². The highest BCUT2D eigenvalue weighted by atomic mass is 35.5. The molecule has 1 aromatic heterocycles. The first-order chi connectivity index (χ1) is 9.97. The molecule has 0 aliphatic rings. The lowest BCUT2D eigenvalue weighted by Crippen LogP contribution is -2.12. The zero-order valence-corrected chi connectivity index (χ0v) is 14.0. The molecule has 0 spiro atoms. The SMILES string of the molecule is CC(C)c1nnc(NC(=O)CCc2cccc(Cl)c2Cl)s1. The number of benzene rings is 1. The summed E-state index contributed by atoms with van der Waals surface area (Å²) in [5.74, 6) is 0.191. The van der Waals surface area contributed by atoms with E-state index in [1.54, 1.807) is 6.07 Å². The molecular formula is C14H15Cl2N3OS. The van der Waals surface area contributed by atoms with Crippen molar-refractivity contribution < 1.29 is 4.79 Å². The number of carbonyl (C=O) groups is 1. The Kier molecular flexibility index (Phi) is 5.56. The molecule has 0 unspecified atom stereocenters. The van der Waals surface area contributed by atoms with E-state index in [0.717, 1.165) is 10.6 Å². The lowest BCUT2D eigenvalue weighted by atomic mass is 10.1. The van der Waals surface area contributed by atoms with E-state index in [-0.39, 0.29) is 5.91 Å². The summed E-state index contributed by atoms with van der Waals surface area (Å²) < 4.78 is 0. The number of hydrogen-bond donors (Lipinski definition) is 1. The number of anilines is 1. The number of aryl methyl sites for hydroxylation is 1. The van der Waals surface area contributed by atoms with Crippen LogP contribution in [0.4, 0.5) is 5.13 Å². The summed E-state index contributed by atoms with van der Waals surface area (Å²) in [6.45, 7) is 4.07. The summed E-state index contributed by atoms with van der Waals surface area (Å²) in [4.78, 5) is 11.9. The van der Waals surface area contributed by atoms with Crippen LogP contribution in [0.3, 0.4) is 0 Å². The number of nitrogens with one attached hydrogen (secondary N) is 1. The van der Waals surface area contributed by atoms with Gasteiger partial charge in [0, 0.05) is 12.3 Å². The summed E-state index contributed by atoms with van der Waals surface area (Å²) in [5.41, 5.74) is 0.861. The van der Waals surface area contributed by atoms with Crippen molar-refractivity contribution in [2.75, 3.05) is 5.32 Å². The Bertz CT molecular complexity index is 643. The van der Waals surface area contributed by atoms with Gasteiger partial charge in [0.05, 0.1) is 10.0 Å². The number of rotatable bonds is 5. The van der Waals surface area contributed by atoms with Gasteiger partial charge in [-0.05, 0) is 18.1 Å². The summed E-state index contributed by atoms with van der Waals surface area (Å²) >= 11 is 13.4. The van der Waals surface area contributed by atoms with Crippen LogP contribution in [0.2, 0.25) is 10.0 Å². The number of aromatic nitrogens is 2. The van der Waals surface area contributed by atoms with Gasteiger partial charge >= 0.3 is 0 Å². The van der Waals surface area contributed by atoms with Gasteiger partial charge < -0.3 is 5.32 Å². The quantitative estimate of drug-likeness (QED) is 0.866. The second kappa shape index (κ2) is 7.20. The average molecular weight is 344 g/mol. The van der Waals surface area contributed by atoms with Crippen molar-refractivity contribution in [3.63, 3.8) is 0 Å². The van der Waals surface area contributed by atoms with E-state index < -0.39 is 0 Å². The Balaban J connectivity index is 1.91. The minimum absolute atomic E-state index is 0.113. The first-order valence-electron chi connectivity index (χ1n) is 6.53. The monoisotopic (exact) mass is 343 g/mol. The van der Waals surface area contributed by atoms with Gasteiger partial charge in [-0.15, -0.1) is 10.2 Å². The van der Waals surface area contributed by atoms with Crippen LogP contribution in [-0.2, 0) is 11.2 Å². The molecule has 4 nitrogen and oxygen atoms in total. The van der Waals surface area contributed by atoms with E-state index in [2.05, 4.69) is 15.5 Å². The Morgan fingerprint density at radius 2 is 2.10 bits per heavy atom. The second-order valence-corrected chi connectivity index (χ2v) is 6.66. The standard InChI is InChI=1S/C14H15Cl2N3OS/c1-8(2)13-18-19-14(21-13)17-11(20)7-6-9-4-3-5-10(15)12(9)16/h3-5,8H,6-7H2,1-2H3,(H,17,19,20). The molecule has 21 heavy (non-hydrogen) atoms. The van der Waals surface area contributed by atoms with Gasteiger partial charge in [0.15, 0.2) is 0 Å². The molecule has 0 fully saturated rings. The van der Waals surface area contributed by atoms with Crippen LogP contribution in [0, 0.1) is 0 Å². The number of carbonyl (C=O) groups excluding carboxylic acids is 1. The third-order valence-electron chi connectivity index (χ3n) is 2.83. The summed E-state index contributed by atoms with van der Waals surface area (Å²) in [6.07, 6.45) is 0.845. The van der Waals surface area contributed by atoms with Crippen LogP contribution < -0.4 is 5.32 Å². The number of nitrogens with zero attached hydrogens (tertiary/aromatic N) is 2. The highest BCUT2D eigenvalue weighted by Crippen LogP contribution is 2.27. The van der Waals surface area contributed by atoms with Gasteiger partial charge in [-0.25, -0.2) is 0 Å². The lowest BCUT2D eigenvalue weighted by molar-refractivity contribution is -0.116. The third-order valence-corrected chi connectivity index (χ3v) is 4.83. The maximum Gasteiger partial charge on any atom is 0.226 e. The minimum atomic E-state index is -0.113. The van der Waals surface area contributed by atoms with Crippen molar-refractivity contribution in [3.05, 3.63) is 38.8 Å². The Hall–Kier alpha value is -1.17. The fraction of sp³-hybridized carbons (Fsp3) is 0.357. The molecule has 2 rings (SSSR count). The lowest BCUT2D eigenvalue weighted by Gasteiger charge is -2.05. The molecule has 1 heterocycles. The zero-order valence-electron chi connectivity index (χ0n) is 11.7. The van der Waals surface area contributed by atoms with Gasteiger partial charge in [0.25, 0.3) is 0 Å². The Labute approximate surface area is 137 Å². The van der Waals surface area contributed by atoms with Gasteiger partial charge in [-0.1, -0.05) is 60.5 Å². The third kappa shape index (κ3) is 4.40. The van der Waals surface area contributed by atoms with Gasteiger partial charge in [-0.2, -0.15) is 0 Å². The van der Waals surface area contributed by atoms with Crippen molar-refractivity contribution >= 4 is 45.6 Å². The Morgan fingerprint density at radius 1 is 1.33 bits per heavy atom. The first kappa shape index (κ1) is 16.2. The molecule has 0 atom stereocenters. The van der Waals surface area contributed by atoms with E-state index >= 15 is 0 Å². The fourth-order valence-electron chi connectivity index (χ4n) is 1.69. The van der Waals surface area contributed by atoms with Crippen molar-refractivity contribution in [2.24, 2.45) is 0 Å². The molecule has 112 valence electrons. The molecule has 0 bridgehead atoms. The largest absolute Gasteiger partial charge is 0.301 e. The van der Waals surface area contributed by atoms with Crippen molar-refractivity contribution in [1.82, 2.24) is 10.2 Å². The highest BCUT2D eigenvalue weighted by Gasteiger charge is 2.11. The predicted molar refractivity (Wildman–Crippen MR) is 87.4 cm³/mol. The van der Waals surface area contributed by atoms with E-state index in [4.69, 9.17) is 23.2 Å². The molecule has 0 saturated heterocycles. The van der Waals surface area contributed by atoms with Crippen molar-refractivity contribution in [2.45, 2.75) is 32.6 Å². The van der Waals surface area contributed by atoms with Crippen molar-refractivity contribution in [1.29, 1.82) is 0 Å². The normalized spacial score (nSPS) is 10.9. The fourth-order valence-corrected chi connectivity index (χ4v) is 2.87. The molecule has 2 aromatic rings. The molecule has 0 saturated carbocycles. The summed E-state index contributed by atoms with van der Waals surface area (Å²) in [7, 11) is 0. The predicted octanol–water partition coefficient (Wildman–Crippen LogP) is 4.54. The molecule has 1 amide bonds. The van der Waals surface area contributed by atoms with Crippen LogP contribution in [0.15, 0.2) is 18.2 Å². The van der Waals surface area contributed by atoms with Crippen LogP contribution in [0.5, 0.6) is 0 Å². The average Bonchev–Trinajstić information content (AvgIpc) is 2.89. The molecule has 0 aliphatic heterocycles. The molecule has 1 N–H and O–H groups in total. The molecule has 0 radical (unpaired) electrons. The smallest absolute Gasteiger partial charge is 0.226 e. The van der Waals surface area contributed by atoms with Crippen LogP contribution in [0.25, 0.3) is 0 Å². The van der Waals surface area contributed by atoms with Crippen LogP contribution in [0.1, 0.15) is 36.8 Å². The number of amides is 1. The van der Waals surface area contributed by atoms with E-state index in [1.165, 1.54) is 11.3 Å². The topological polar surface area (TPSA) is 54.9 Å². The van der Waals surface area contributed by atoms with Gasteiger partial charge in [0.2, 0.25) is 11.0 Å². The maximum atomic E-state index is 11.9. The van der Waals surface area contributed by atoms with Crippen molar-refractivity contribution in [3.8, 4) is 0 Å². The van der Waals surface area contributed by atoms with Crippen LogP contribution >= 0.6 is 34.5 Å². The summed E-state index contributed by atoms with van der Waals surface area (Å²) in [5, 5.41) is 13.2. The van der Waals surface area contributed by atoms with E-state index in [1.807, 2.05) is 26.0 Å². The first-order valence-corrected chi connectivity index (χ1v) is 8.10. The second-order valence-electron chi connectivity index (χ2n) is 4.86. The van der Waals surface area contributed by atoms with E-state index in [0.29, 0.717) is 33.9 Å². The van der Waals surface area contributed by atoms with Gasteiger partial charge in [-0.3, -0.25) is 4.79 Å². The molecule has 1 aromatic carbocycles. The Morgan fingerprint density at radius 3 is 2.76 bits per heavy atom. The highest BCUT2D eigenvalue weighted by molar-refractivity contribution is 7.15.